The van der Waals surface area contributed by atoms with Crippen molar-refractivity contribution in [2.45, 2.75) is 32.3 Å². The molecular weight excluding hydrogens is 215 g/mol. The Morgan fingerprint density at radius 2 is 2.20 bits per heavy atom. The van der Waals surface area contributed by atoms with Gasteiger partial charge in [-0.25, -0.2) is 4.39 Å². The molecule has 1 aromatic carbocycles. The largest absolute Gasteiger partial charge is 0.388 e. The average Bonchev–Trinajstić information content (AvgIpc) is 2.95. The van der Waals surface area contributed by atoms with Crippen LogP contribution in [0.3, 0.4) is 0 Å². The molecule has 1 saturated carbocycles. The van der Waals surface area contributed by atoms with Gasteiger partial charge in [0, 0.05) is 5.02 Å². The quantitative estimate of drug-likeness (QED) is 0.838. The van der Waals surface area contributed by atoms with Gasteiger partial charge in [-0.3, -0.25) is 0 Å². The Morgan fingerprint density at radius 1 is 1.53 bits per heavy atom. The Bertz CT molecular complexity index is 374. The molecule has 0 heterocycles. The van der Waals surface area contributed by atoms with E-state index in [1.54, 1.807) is 13.0 Å². The summed E-state index contributed by atoms with van der Waals surface area (Å²) < 4.78 is 13.1. The van der Waals surface area contributed by atoms with Gasteiger partial charge in [0.1, 0.15) is 5.82 Å². The van der Waals surface area contributed by atoms with Crippen LogP contribution in [-0.2, 0) is 0 Å². The third kappa shape index (κ3) is 2.50. The number of benzene rings is 1. The van der Waals surface area contributed by atoms with E-state index < -0.39 is 6.10 Å². The summed E-state index contributed by atoms with van der Waals surface area (Å²) in [6, 6.07) is 2.92. The van der Waals surface area contributed by atoms with Crippen LogP contribution in [0.15, 0.2) is 12.1 Å². The monoisotopic (exact) mass is 228 g/mol. The molecule has 0 spiro atoms. The maximum atomic E-state index is 13.1. The lowest BCUT2D eigenvalue weighted by Gasteiger charge is -2.13. The summed E-state index contributed by atoms with van der Waals surface area (Å²) in [7, 11) is 0. The molecule has 82 valence electrons. The minimum absolute atomic E-state index is 0.317. The molecule has 0 bridgehead atoms. The molecule has 1 aromatic rings. The zero-order valence-electron chi connectivity index (χ0n) is 8.63. The van der Waals surface area contributed by atoms with Gasteiger partial charge in [0.2, 0.25) is 0 Å². The van der Waals surface area contributed by atoms with Crippen molar-refractivity contribution in [3.63, 3.8) is 0 Å². The first-order chi connectivity index (χ1) is 7.08. The van der Waals surface area contributed by atoms with E-state index in [4.69, 9.17) is 11.6 Å². The summed E-state index contributed by atoms with van der Waals surface area (Å²) in [5.74, 6) is 0.309. The molecule has 0 aliphatic heterocycles. The van der Waals surface area contributed by atoms with Crippen LogP contribution in [0, 0.1) is 18.7 Å². The van der Waals surface area contributed by atoms with E-state index in [9.17, 15) is 9.50 Å². The van der Waals surface area contributed by atoms with Crippen LogP contribution in [0.5, 0.6) is 0 Å². The van der Waals surface area contributed by atoms with Gasteiger partial charge in [-0.05, 0) is 42.5 Å². The summed E-state index contributed by atoms with van der Waals surface area (Å²) >= 11 is 5.90. The number of aliphatic hydroxyl groups is 1. The molecule has 1 aliphatic rings. The van der Waals surface area contributed by atoms with E-state index >= 15 is 0 Å². The van der Waals surface area contributed by atoms with E-state index in [1.165, 1.54) is 18.9 Å². The first-order valence-corrected chi connectivity index (χ1v) is 5.59. The Balaban J connectivity index is 2.21. The molecule has 1 fully saturated rings. The Kier molecular flexibility index (Phi) is 2.98. The number of rotatable bonds is 3. The fourth-order valence-corrected chi connectivity index (χ4v) is 2.01. The Hall–Kier alpha value is -0.600. The minimum atomic E-state index is -0.552. The van der Waals surface area contributed by atoms with Crippen LogP contribution < -0.4 is 0 Å². The van der Waals surface area contributed by atoms with Crippen molar-refractivity contribution in [1.82, 2.24) is 0 Å². The average molecular weight is 229 g/mol. The van der Waals surface area contributed by atoms with Gasteiger partial charge >= 0.3 is 0 Å². The van der Waals surface area contributed by atoms with Gasteiger partial charge in [-0.1, -0.05) is 24.4 Å². The summed E-state index contributed by atoms with van der Waals surface area (Å²) in [6.45, 7) is 1.68. The van der Waals surface area contributed by atoms with Crippen molar-refractivity contribution in [2.75, 3.05) is 0 Å². The molecule has 3 heteroatoms. The normalized spacial score (nSPS) is 17.9. The summed E-state index contributed by atoms with van der Waals surface area (Å²) in [4.78, 5) is 0. The van der Waals surface area contributed by atoms with Crippen LogP contribution in [0.1, 0.15) is 36.5 Å². The number of aryl methyl sites for hydroxylation is 1. The highest BCUT2D eigenvalue weighted by molar-refractivity contribution is 6.31. The SMILES string of the molecule is Cc1cc(C(O)CC2CC2)c(Cl)cc1F. The highest BCUT2D eigenvalue weighted by atomic mass is 35.5. The zero-order chi connectivity index (χ0) is 11.0. The van der Waals surface area contributed by atoms with Crippen molar-refractivity contribution in [3.05, 3.63) is 34.1 Å². The molecular formula is C12H14ClFO. The van der Waals surface area contributed by atoms with Gasteiger partial charge in [0.05, 0.1) is 6.10 Å². The standard InChI is InChI=1S/C12H14ClFO/c1-7-4-9(10(13)6-11(7)14)12(15)5-8-2-3-8/h4,6,8,12,15H,2-3,5H2,1H3. The van der Waals surface area contributed by atoms with E-state index in [-0.39, 0.29) is 5.82 Å². The van der Waals surface area contributed by atoms with Crippen LogP contribution in [0.4, 0.5) is 4.39 Å². The number of hydrogen-bond acceptors (Lipinski definition) is 1. The van der Waals surface area contributed by atoms with Crippen molar-refractivity contribution in [1.29, 1.82) is 0 Å². The van der Waals surface area contributed by atoms with Crippen molar-refractivity contribution >= 4 is 11.6 Å². The second-order valence-corrected chi connectivity index (χ2v) is 4.72. The van der Waals surface area contributed by atoms with Gasteiger partial charge in [0.25, 0.3) is 0 Å². The van der Waals surface area contributed by atoms with Crippen molar-refractivity contribution in [3.8, 4) is 0 Å². The molecule has 0 aromatic heterocycles. The minimum Gasteiger partial charge on any atom is -0.388 e. The highest BCUT2D eigenvalue weighted by Gasteiger charge is 2.26. The Labute approximate surface area is 93.9 Å². The smallest absolute Gasteiger partial charge is 0.127 e. The van der Waals surface area contributed by atoms with Crippen molar-refractivity contribution < 1.29 is 9.50 Å². The Morgan fingerprint density at radius 3 is 2.80 bits per heavy atom. The second-order valence-electron chi connectivity index (χ2n) is 4.32. The summed E-state index contributed by atoms with van der Waals surface area (Å²) in [6.07, 6.45) is 2.57. The molecule has 0 saturated heterocycles. The second kappa shape index (κ2) is 4.11. The van der Waals surface area contributed by atoms with Gasteiger partial charge in [-0.15, -0.1) is 0 Å². The number of halogens is 2. The molecule has 0 radical (unpaired) electrons. The maximum Gasteiger partial charge on any atom is 0.127 e. The van der Waals surface area contributed by atoms with E-state index in [2.05, 4.69) is 0 Å². The van der Waals surface area contributed by atoms with E-state index in [0.717, 1.165) is 6.42 Å². The third-order valence-electron chi connectivity index (χ3n) is 2.89. The predicted molar refractivity (Wildman–Crippen MR) is 58.4 cm³/mol. The van der Waals surface area contributed by atoms with Crippen LogP contribution in [0.25, 0.3) is 0 Å². The lowest BCUT2D eigenvalue weighted by Crippen LogP contribution is -2.01. The van der Waals surface area contributed by atoms with E-state index in [1.807, 2.05) is 0 Å². The van der Waals surface area contributed by atoms with Crippen LogP contribution in [-0.4, -0.2) is 5.11 Å². The lowest BCUT2D eigenvalue weighted by atomic mass is 10.0. The fourth-order valence-electron chi connectivity index (χ4n) is 1.73. The molecule has 1 N–H and O–H groups in total. The van der Waals surface area contributed by atoms with Gasteiger partial charge in [-0.2, -0.15) is 0 Å². The molecule has 1 aliphatic carbocycles. The molecule has 2 rings (SSSR count). The number of hydrogen-bond donors (Lipinski definition) is 1. The number of aliphatic hydroxyl groups excluding tert-OH is 1. The van der Waals surface area contributed by atoms with Crippen LogP contribution in [0.2, 0.25) is 5.02 Å². The van der Waals surface area contributed by atoms with Crippen molar-refractivity contribution in [2.24, 2.45) is 5.92 Å². The lowest BCUT2D eigenvalue weighted by molar-refractivity contribution is 0.160. The molecule has 1 atom stereocenters. The van der Waals surface area contributed by atoms with Crippen LogP contribution >= 0.6 is 11.6 Å². The van der Waals surface area contributed by atoms with E-state index in [0.29, 0.717) is 22.1 Å². The maximum absolute atomic E-state index is 13.1. The summed E-state index contributed by atoms with van der Waals surface area (Å²) in [5, 5.41) is 10.2. The highest BCUT2D eigenvalue weighted by Crippen LogP contribution is 2.39. The van der Waals surface area contributed by atoms with Gasteiger partial charge < -0.3 is 5.11 Å². The fraction of sp³-hybridized carbons (Fsp3) is 0.500. The molecule has 15 heavy (non-hydrogen) atoms. The summed E-state index contributed by atoms with van der Waals surface area (Å²) in [5.41, 5.74) is 1.19. The topological polar surface area (TPSA) is 20.2 Å². The molecule has 0 amide bonds. The molecule has 1 unspecified atom stereocenters. The predicted octanol–water partition coefficient (Wildman–Crippen LogP) is 3.62. The molecule has 1 nitrogen and oxygen atoms in total. The first kappa shape index (κ1) is 10.9. The third-order valence-corrected chi connectivity index (χ3v) is 3.22. The zero-order valence-corrected chi connectivity index (χ0v) is 9.39. The first-order valence-electron chi connectivity index (χ1n) is 5.21. The van der Waals surface area contributed by atoms with Gasteiger partial charge in [0.15, 0.2) is 0 Å².